The number of ether oxygens (including phenoxy) is 2. The van der Waals surface area contributed by atoms with E-state index in [0.717, 1.165) is 34.4 Å². The number of carbonyl (C=O) groups is 1. The van der Waals surface area contributed by atoms with E-state index < -0.39 is 20.2 Å². The van der Waals surface area contributed by atoms with Gasteiger partial charge in [-0.1, -0.05) is 72.8 Å². The minimum Gasteiger partial charge on any atom is -0.488 e. The van der Waals surface area contributed by atoms with E-state index in [1.54, 1.807) is 24.3 Å². The Kier molecular flexibility index (Phi) is 10.9. The van der Waals surface area contributed by atoms with Crippen LogP contribution in [0.1, 0.15) is 55.7 Å². The monoisotopic (exact) mass is 768 g/mol. The second kappa shape index (κ2) is 15.7. The van der Waals surface area contributed by atoms with Gasteiger partial charge in [0.25, 0.3) is 26.1 Å². The third-order valence-electron chi connectivity index (χ3n) is 9.79. The molecular formula is C41H40N2O9S2. The van der Waals surface area contributed by atoms with Crippen LogP contribution in [-0.4, -0.2) is 62.5 Å². The maximum Gasteiger partial charge on any atom is 0.294 e. The zero-order chi connectivity index (χ0) is 37.9. The lowest BCUT2D eigenvalue weighted by atomic mass is 9.92. The number of amides is 1. The van der Waals surface area contributed by atoms with Crippen molar-refractivity contribution in [1.29, 1.82) is 0 Å². The molecule has 13 heteroatoms. The predicted molar refractivity (Wildman–Crippen MR) is 203 cm³/mol. The number of fused-ring (bicyclic) bond motifs is 1. The average molecular weight is 769 g/mol. The molecule has 5 aromatic rings. The molecule has 1 fully saturated rings. The van der Waals surface area contributed by atoms with Gasteiger partial charge >= 0.3 is 0 Å². The SMILES string of the molecule is O=C(c1c(Cc2ccc(S(=O)(=O)O)cc2)cc(Cc2ccc(S(=O)(=O)O)cc2)cc1OCc1ccccc1)N1CCc2cccc(N[C@@H]3CCOC3)c2C1. The Labute approximate surface area is 315 Å². The average Bonchev–Trinajstić information content (AvgIpc) is 3.67. The van der Waals surface area contributed by atoms with Crippen LogP contribution >= 0.6 is 0 Å². The molecule has 7 rings (SSSR count). The highest BCUT2D eigenvalue weighted by Gasteiger charge is 2.29. The van der Waals surface area contributed by atoms with Crippen molar-refractivity contribution >= 4 is 31.8 Å². The molecule has 2 heterocycles. The smallest absolute Gasteiger partial charge is 0.294 e. The Morgan fingerprint density at radius 3 is 2.07 bits per heavy atom. The molecule has 2 aliphatic heterocycles. The van der Waals surface area contributed by atoms with Gasteiger partial charge in [0.15, 0.2) is 0 Å². The predicted octanol–water partition coefficient (Wildman–Crippen LogP) is 6.34. The highest BCUT2D eigenvalue weighted by Crippen LogP contribution is 2.34. The molecule has 1 saturated heterocycles. The van der Waals surface area contributed by atoms with E-state index in [2.05, 4.69) is 11.4 Å². The summed E-state index contributed by atoms with van der Waals surface area (Å²) in [6.45, 7) is 2.39. The van der Waals surface area contributed by atoms with E-state index in [9.17, 15) is 30.7 Å². The molecular weight excluding hydrogens is 729 g/mol. The van der Waals surface area contributed by atoms with Gasteiger partial charge in [-0.3, -0.25) is 13.9 Å². The molecule has 0 radical (unpaired) electrons. The molecule has 11 nitrogen and oxygen atoms in total. The minimum absolute atomic E-state index is 0.191. The normalized spacial score (nSPS) is 15.8. The zero-order valence-electron chi connectivity index (χ0n) is 29.3. The van der Waals surface area contributed by atoms with E-state index in [1.165, 1.54) is 29.8 Å². The van der Waals surface area contributed by atoms with Crippen LogP contribution in [-0.2, 0) is 57.4 Å². The van der Waals surface area contributed by atoms with Crippen LogP contribution in [0.3, 0.4) is 0 Å². The highest BCUT2D eigenvalue weighted by molar-refractivity contribution is 7.86. The Morgan fingerprint density at radius 1 is 0.778 bits per heavy atom. The molecule has 5 aromatic carbocycles. The number of nitrogens with one attached hydrogen (secondary N) is 1. The third kappa shape index (κ3) is 8.83. The van der Waals surface area contributed by atoms with Crippen LogP contribution in [0, 0.1) is 0 Å². The van der Waals surface area contributed by atoms with Gasteiger partial charge in [-0.25, -0.2) is 0 Å². The standard InChI is InChI=1S/C41H40N2O9S2/c44-41(43-19-17-32-7-4-8-38(37(32)25-43)42-34-18-20-51-27-34)40-33(22-29-11-15-36(16-12-29)54(48,49)50)23-31(21-28-9-13-35(14-10-28)53(45,46)47)24-39(40)52-26-30-5-2-1-3-6-30/h1-16,23-24,34,42H,17-22,25-27H2,(H,45,46,47)(H,48,49,50)/t34-/m1/s1. The van der Waals surface area contributed by atoms with Crippen molar-refractivity contribution in [1.82, 2.24) is 4.90 Å². The van der Waals surface area contributed by atoms with Crippen molar-refractivity contribution in [2.24, 2.45) is 0 Å². The largest absolute Gasteiger partial charge is 0.488 e. The summed E-state index contributed by atoms with van der Waals surface area (Å²) in [6.07, 6.45) is 2.17. The number of benzene rings is 5. The number of rotatable bonds is 12. The number of hydrogen-bond donors (Lipinski definition) is 3. The molecule has 0 bridgehead atoms. The first-order valence-corrected chi connectivity index (χ1v) is 20.5. The van der Waals surface area contributed by atoms with Crippen LogP contribution in [0.4, 0.5) is 5.69 Å². The summed E-state index contributed by atoms with van der Waals surface area (Å²) >= 11 is 0. The molecule has 1 amide bonds. The molecule has 2 aliphatic rings. The molecule has 0 unspecified atom stereocenters. The highest BCUT2D eigenvalue weighted by atomic mass is 32.2. The fourth-order valence-corrected chi connectivity index (χ4v) is 7.96. The number of hydrogen-bond acceptors (Lipinski definition) is 8. The summed E-state index contributed by atoms with van der Waals surface area (Å²) in [5, 5.41) is 3.62. The van der Waals surface area contributed by atoms with Crippen molar-refractivity contribution < 1.29 is 40.2 Å². The number of anilines is 1. The zero-order valence-corrected chi connectivity index (χ0v) is 31.0. The van der Waals surface area contributed by atoms with Crippen LogP contribution in [0.2, 0.25) is 0 Å². The maximum atomic E-state index is 14.9. The summed E-state index contributed by atoms with van der Waals surface area (Å²) in [6, 6.07) is 31.5. The van der Waals surface area contributed by atoms with Crippen LogP contribution < -0.4 is 10.1 Å². The Morgan fingerprint density at radius 2 is 1.44 bits per heavy atom. The van der Waals surface area contributed by atoms with Crippen molar-refractivity contribution in [3.05, 3.63) is 154 Å². The van der Waals surface area contributed by atoms with Gasteiger partial charge in [-0.05, 0) is 101 Å². The molecule has 0 aliphatic carbocycles. The molecule has 0 saturated carbocycles. The van der Waals surface area contributed by atoms with Gasteiger partial charge in [0.1, 0.15) is 12.4 Å². The van der Waals surface area contributed by atoms with E-state index in [0.29, 0.717) is 61.6 Å². The van der Waals surface area contributed by atoms with Gasteiger partial charge < -0.3 is 19.7 Å². The van der Waals surface area contributed by atoms with Gasteiger partial charge in [0, 0.05) is 25.4 Å². The van der Waals surface area contributed by atoms with Crippen LogP contribution in [0.5, 0.6) is 5.75 Å². The van der Waals surface area contributed by atoms with Crippen molar-refractivity contribution in [3.63, 3.8) is 0 Å². The van der Waals surface area contributed by atoms with E-state index in [1.807, 2.05) is 59.5 Å². The summed E-state index contributed by atoms with van der Waals surface area (Å²) < 4.78 is 78.1. The molecule has 0 aromatic heterocycles. The molecule has 1 atom stereocenters. The van der Waals surface area contributed by atoms with Gasteiger partial charge in [-0.2, -0.15) is 16.8 Å². The van der Waals surface area contributed by atoms with E-state index in [4.69, 9.17) is 9.47 Å². The quantitative estimate of drug-likeness (QED) is 0.122. The molecule has 280 valence electrons. The maximum absolute atomic E-state index is 14.9. The Bertz CT molecular complexity index is 2360. The van der Waals surface area contributed by atoms with E-state index in [-0.39, 0.29) is 34.8 Å². The van der Waals surface area contributed by atoms with E-state index >= 15 is 0 Å². The van der Waals surface area contributed by atoms with Crippen LogP contribution in [0.15, 0.2) is 119 Å². The number of nitrogens with zero attached hydrogens (tertiary/aromatic N) is 1. The summed E-state index contributed by atoms with van der Waals surface area (Å²) in [4.78, 5) is 16.3. The second-order valence-corrected chi connectivity index (χ2v) is 16.5. The van der Waals surface area contributed by atoms with Crippen LogP contribution in [0.25, 0.3) is 0 Å². The summed E-state index contributed by atoms with van der Waals surface area (Å²) in [5.74, 6) is 0.164. The fourth-order valence-electron chi connectivity index (χ4n) is 7.00. The van der Waals surface area contributed by atoms with Gasteiger partial charge in [0.05, 0.1) is 28.0 Å². The van der Waals surface area contributed by atoms with Crippen molar-refractivity contribution in [3.8, 4) is 5.75 Å². The van der Waals surface area contributed by atoms with Crippen molar-refractivity contribution in [2.45, 2.75) is 54.7 Å². The van der Waals surface area contributed by atoms with Crippen molar-refractivity contribution in [2.75, 3.05) is 25.1 Å². The lowest BCUT2D eigenvalue weighted by molar-refractivity contribution is 0.0729. The topological polar surface area (TPSA) is 160 Å². The number of carbonyl (C=O) groups excluding carboxylic acids is 1. The summed E-state index contributed by atoms with van der Waals surface area (Å²) in [7, 11) is -8.77. The van der Waals surface area contributed by atoms with Gasteiger partial charge in [0.2, 0.25) is 0 Å². The minimum atomic E-state index is -4.40. The third-order valence-corrected chi connectivity index (χ3v) is 11.5. The molecule has 3 N–H and O–H groups in total. The Balaban J connectivity index is 1.29. The summed E-state index contributed by atoms with van der Waals surface area (Å²) in [5.41, 5.74) is 7.41. The molecule has 54 heavy (non-hydrogen) atoms. The first-order chi connectivity index (χ1) is 25.9. The first-order valence-electron chi connectivity index (χ1n) is 17.6. The fraction of sp³-hybridized carbons (Fsp3) is 0.244. The first kappa shape index (κ1) is 37.3. The lowest BCUT2D eigenvalue weighted by Gasteiger charge is -2.32. The molecule has 0 spiro atoms. The Hall–Kier alpha value is -5.05. The lowest BCUT2D eigenvalue weighted by Crippen LogP contribution is -2.37. The second-order valence-electron chi connectivity index (χ2n) is 13.6. The van der Waals surface area contributed by atoms with Gasteiger partial charge in [-0.15, -0.1) is 0 Å².